The molecule has 11 heteroatoms. The summed E-state index contributed by atoms with van der Waals surface area (Å²) in [6.45, 7) is 18.6. The lowest BCUT2D eigenvalue weighted by Crippen LogP contribution is -2.46. The summed E-state index contributed by atoms with van der Waals surface area (Å²) in [7, 11) is 1.55. The van der Waals surface area contributed by atoms with E-state index in [0.717, 1.165) is 26.7 Å². The van der Waals surface area contributed by atoms with Crippen LogP contribution in [0.2, 0.25) is 5.02 Å². The van der Waals surface area contributed by atoms with Gasteiger partial charge in [0.1, 0.15) is 6.10 Å². The predicted molar refractivity (Wildman–Crippen MR) is 184 cm³/mol. The van der Waals surface area contributed by atoms with Crippen LogP contribution in [0, 0.1) is 12.3 Å². The van der Waals surface area contributed by atoms with Crippen LogP contribution < -0.4 is 4.90 Å². The van der Waals surface area contributed by atoms with Crippen LogP contribution in [0.15, 0.2) is 61.9 Å². The van der Waals surface area contributed by atoms with Gasteiger partial charge < -0.3 is 29.7 Å². The maximum Gasteiger partial charge on any atom is 0.303 e. The number of aliphatic hydroxyl groups is 2. The number of nitrogens with zero attached hydrogens (tertiary/aromatic N) is 2. The summed E-state index contributed by atoms with van der Waals surface area (Å²) in [4.78, 5) is 32.0. The van der Waals surface area contributed by atoms with Gasteiger partial charge in [0.05, 0.1) is 24.8 Å². The highest BCUT2D eigenvalue weighted by Gasteiger charge is 2.32. The molecule has 1 amide bonds. The van der Waals surface area contributed by atoms with Gasteiger partial charge in [0.15, 0.2) is 0 Å². The highest BCUT2D eigenvalue weighted by atomic mass is 35.5. The predicted octanol–water partition coefficient (Wildman–Crippen LogP) is 6.44. The summed E-state index contributed by atoms with van der Waals surface area (Å²) < 4.78 is 10.6. The number of allylic oxidation sites excluding steroid dienone is 1. The Labute approximate surface area is 277 Å². The zero-order valence-electron chi connectivity index (χ0n) is 27.4. The summed E-state index contributed by atoms with van der Waals surface area (Å²) in [6.07, 6.45) is 7.02. The molecule has 0 aliphatic rings. The topological polar surface area (TPSA) is 129 Å². The molecule has 2 aromatic rings. The Morgan fingerprint density at radius 1 is 1.22 bits per heavy atom. The third-order valence-electron chi connectivity index (χ3n) is 6.21. The van der Waals surface area contributed by atoms with Crippen molar-refractivity contribution < 1.29 is 34.4 Å². The Morgan fingerprint density at radius 3 is 2.44 bits per heavy atom. The fourth-order valence-electron chi connectivity index (χ4n) is 3.96. The Morgan fingerprint density at radius 2 is 1.91 bits per heavy atom. The van der Waals surface area contributed by atoms with Crippen LogP contribution in [0.4, 0.5) is 5.69 Å². The summed E-state index contributed by atoms with van der Waals surface area (Å²) in [5.41, 5.74) is 1.78. The first-order chi connectivity index (χ1) is 21.4. The Hall–Kier alpha value is -2.86. The van der Waals surface area contributed by atoms with E-state index in [1.165, 1.54) is 11.3 Å². The van der Waals surface area contributed by atoms with E-state index in [4.69, 9.17) is 26.6 Å². The Balaban J connectivity index is 0.00000251. The summed E-state index contributed by atoms with van der Waals surface area (Å²) in [5.74, 6) is -1.01. The first kappa shape index (κ1) is 42.1. The number of aliphatic hydroxyl groups excluding tert-OH is 2. The number of ether oxygens (including phenoxy) is 2. The number of carbonyl (C=O) groups is 2. The number of carboxylic acid groups (broad SMARTS) is 1. The number of benzene rings is 1. The first-order valence-electron chi connectivity index (χ1n) is 14.7. The number of carbonyl (C=O) groups excluding carboxylic acids is 1. The minimum absolute atomic E-state index is 0.0865. The number of amides is 1. The van der Waals surface area contributed by atoms with Crippen LogP contribution in [0.5, 0.6) is 0 Å². The van der Waals surface area contributed by atoms with E-state index >= 15 is 0 Å². The van der Waals surface area contributed by atoms with Crippen molar-refractivity contribution in [2.24, 2.45) is 5.41 Å². The van der Waals surface area contributed by atoms with Gasteiger partial charge >= 0.3 is 5.97 Å². The molecule has 1 atom stereocenters. The lowest BCUT2D eigenvalue weighted by Gasteiger charge is -2.34. The zero-order valence-corrected chi connectivity index (χ0v) is 29.0. The van der Waals surface area contributed by atoms with E-state index < -0.39 is 17.5 Å². The number of anilines is 1. The molecule has 0 saturated heterocycles. The summed E-state index contributed by atoms with van der Waals surface area (Å²) >= 11 is 7.72. The quantitative estimate of drug-likeness (QED) is 0.122. The van der Waals surface area contributed by atoms with Gasteiger partial charge in [-0.15, -0.1) is 24.5 Å². The van der Waals surface area contributed by atoms with Gasteiger partial charge in [-0.25, -0.2) is 4.98 Å². The van der Waals surface area contributed by atoms with Crippen molar-refractivity contribution in [3.63, 3.8) is 0 Å². The van der Waals surface area contributed by atoms with Gasteiger partial charge in [0.25, 0.3) is 5.91 Å². The maximum atomic E-state index is 14.0. The fourth-order valence-corrected chi connectivity index (χ4v) is 5.17. The number of methoxy groups -OCH3 is 1. The molecule has 0 unspecified atom stereocenters. The number of rotatable bonds is 18. The molecule has 1 aromatic carbocycles. The van der Waals surface area contributed by atoms with Gasteiger partial charge in [0.2, 0.25) is 0 Å². The molecule has 0 radical (unpaired) electrons. The molecule has 0 aliphatic heterocycles. The highest BCUT2D eigenvalue weighted by molar-refractivity contribution is 7.11. The molecular formula is C34H51ClN2O7S. The lowest BCUT2D eigenvalue weighted by molar-refractivity contribution is -0.137. The maximum absolute atomic E-state index is 14.0. The minimum Gasteiger partial charge on any atom is -0.481 e. The minimum atomic E-state index is -0.808. The summed E-state index contributed by atoms with van der Waals surface area (Å²) in [6, 6.07) is 5.39. The molecule has 0 aliphatic carbocycles. The van der Waals surface area contributed by atoms with Crippen LogP contribution in [0.1, 0.15) is 55.5 Å². The Bertz CT molecular complexity index is 1200. The van der Waals surface area contributed by atoms with Crippen LogP contribution in [0.3, 0.4) is 0 Å². The molecule has 0 spiro atoms. The fraction of sp³-hybridized carbons (Fsp3) is 0.500. The molecular weight excluding hydrogens is 616 g/mol. The normalized spacial score (nSPS) is 11.6. The smallest absolute Gasteiger partial charge is 0.303 e. The SMILES string of the molecule is C=C.C=C(/C=C\C)CO[C@H](CCc1ncc(CCCC(=O)O)s1)C(=O)N(CC(C)(C)CO)c1ccc(Cl)cc1C.COCCO. The second kappa shape index (κ2) is 23.5. The van der Waals surface area contributed by atoms with Crippen molar-refractivity contribution in [3.05, 3.63) is 82.3 Å². The van der Waals surface area contributed by atoms with Gasteiger partial charge in [-0.3, -0.25) is 9.59 Å². The van der Waals surface area contributed by atoms with Crippen molar-refractivity contribution in [1.29, 1.82) is 0 Å². The Kier molecular flexibility index (Phi) is 22.0. The van der Waals surface area contributed by atoms with Crippen LogP contribution >= 0.6 is 22.9 Å². The van der Waals surface area contributed by atoms with Crippen molar-refractivity contribution in [1.82, 2.24) is 4.98 Å². The van der Waals surface area contributed by atoms with Crippen molar-refractivity contribution in [2.45, 2.75) is 65.9 Å². The molecule has 0 fully saturated rings. The molecule has 45 heavy (non-hydrogen) atoms. The van der Waals surface area contributed by atoms with Crippen LogP contribution in [-0.4, -0.2) is 78.4 Å². The molecule has 1 aromatic heterocycles. The number of hydrogen-bond donors (Lipinski definition) is 3. The van der Waals surface area contributed by atoms with E-state index in [0.29, 0.717) is 43.9 Å². The average Bonchev–Trinajstić information content (AvgIpc) is 3.45. The van der Waals surface area contributed by atoms with Crippen LogP contribution in [0.25, 0.3) is 0 Å². The van der Waals surface area contributed by atoms with Gasteiger partial charge in [-0.05, 0) is 62.4 Å². The van der Waals surface area contributed by atoms with Gasteiger partial charge in [-0.2, -0.15) is 0 Å². The van der Waals surface area contributed by atoms with Crippen molar-refractivity contribution in [3.8, 4) is 0 Å². The molecule has 1 heterocycles. The standard InChI is InChI=1S/C29H39ClN2O5S.C3H8O2.C2H4/c1-6-8-20(2)17-37-25(13-14-26-31-16-23(38-26)9-7-10-27(34)35)28(36)32(18-29(4,5)19-33)24-12-11-22(30)15-21(24)3;1-5-3-2-4;1-2/h6,8,11-12,15-16,25,33H,2,7,9-10,13-14,17-19H2,1,3-5H3,(H,34,35);4H,2-3H2,1H3;1-2H2/b8-6-;;/t25-;;/m1../s1. The molecule has 0 bridgehead atoms. The van der Waals surface area contributed by atoms with Gasteiger partial charge in [0, 0.05) is 60.3 Å². The van der Waals surface area contributed by atoms with Crippen molar-refractivity contribution >= 4 is 40.5 Å². The third-order valence-corrected chi connectivity index (χ3v) is 7.56. The highest BCUT2D eigenvalue weighted by Crippen LogP contribution is 2.29. The number of hydrogen-bond acceptors (Lipinski definition) is 8. The summed E-state index contributed by atoms with van der Waals surface area (Å²) in [5, 5.41) is 28.2. The largest absolute Gasteiger partial charge is 0.481 e. The van der Waals surface area contributed by atoms with E-state index in [2.05, 4.69) is 29.5 Å². The van der Waals surface area contributed by atoms with E-state index in [-0.39, 0.29) is 32.1 Å². The number of halogens is 1. The lowest BCUT2D eigenvalue weighted by atomic mass is 9.93. The molecule has 9 nitrogen and oxygen atoms in total. The number of carboxylic acids is 1. The zero-order chi connectivity index (χ0) is 34.4. The first-order valence-corrected chi connectivity index (χ1v) is 15.9. The second-order valence-electron chi connectivity index (χ2n) is 10.9. The van der Waals surface area contributed by atoms with E-state index in [1.807, 2.05) is 52.0 Å². The number of thiazole rings is 1. The number of aliphatic carboxylic acids is 1. The molecule has 252 valence electrons. The molecule has 2 rings (SSSR count). The molecule has 0 saturated carbocycles. The van der Waals surface area contributed by atoms with Gasteiger partial charge in [-0.1, -0.05) is 44.2 Å². The number of aromatic nitrogens is 1. The second-order valence-corrected chi connectivity index (χ2v) is 12.5. The average molecular weight is 667 g/mol. The monoisotopic (exact) mass is 666 g/mol. The van der Waals surface area contributed by atoms with Crippen molar-refractivity contribution in [2.75, 3.05) is 45.0 Å². The molecule has 3 N–H and O–H groups in total. The third kappa shape index (κ3) is 17.4. The van der Waals surface area contributed by atoms with E-state index in [9.17, 15) is 14.7 Å². The van der Waals surface area contributed by atoms with Crippen LogP contribution in [-0.2, 0) is 31.9 Å². The van der Waals surface area contributed by atoms with E-state index in [1.54, 1.807) is 24.3 Å². The number of aryl methyl sites for hydroxylation is 3.